The monoisotopic (exact) mass is 189 g/mol. The number of rotatable bonds is 3. The molecule has 0 fully saturated rings. The molecule has 0 saturated carbocycles. The average Bonchev–Trinajstić information content (AvgIpc) is 2.20. The van der Waals surface area contributed by atoms with Crippen molar-refractivity contribution in [3.05, 3.63) is 42.0 Å². The summed E-state index contributed by atoms with van der Waals surface area (Å²) in [5, 5.41) is 2.78. The molecule has 2 nitrogen and oxygen atoms in total. The van der Waals surface area contributed by atoms with Crippen LogP contribution in [0.25, 0.3) is 0 Å². The maximum Gasteiger partial charge on any atom is 0.250 e. The lowest BCUT2D eigenvalue weighted by molar-refractivity contribution is -0.112. The van der Waals surface area contributed by atoms with Crippen molar-refractivity contribution in [2.45, 2.75) is 20.3 Å². The molecular weight excluding hydrogens is 174 g/mol. The van der Waals surface area contributed by atoms with Crippen molar-refractivity contribution < 1.29 is 4.79 Å². The molecule has 1 rings (SSSR count). The molecule has 14 heavy (non-hydrogen) atoms. The molecule has 0 radical (unpaired) electrons. The smallest absolute Gasteiger partial charge is 0.250 e. The topological polar surface area (TPSA) is 29.1 Å². The molecule has 0 heterocycles. The normalized spacial score (nSPS) is 9.57. The summed E-state index contributed by atoms with van der Waals surface area (Å²) in [7, 11) is 0. The Morgan fingerprint density at radius 3 is 2.43 bits per heavy atom. The van der Waals surface area contributed by atoms with E-state index in [9.17, 15) is 4.79 Å². The van der Waals surface area contributed by atoms with Gasteiger partial charge in [-0.05, 0) is 25.5 Å². The van der Waals surface area contributed by atoms with Crippen molar-refractivity contribution in [2.24, 2.45) is 0 Å². The molecule has 0 aliphatic carbocycles. The van der Waals surface area contributed by atoms with E-state index in [-0.39, 0.29) is 5.91 Å². The largest absolute Gasteiger partial charge is 0.322 e. The molecule has 1 N–H and O–H groups in total. The second-order valence-electron chi connectivity index (χ2n) is 3.28. The van der Waals surface area contributed by atoms with E-state index in [1.54, 1.807) is 0 Å². The van der Waals surface area contributed by atoms with E-state index >= 15 is 0 Å². The zero-order valence-corrected chi connectivity index (χ0v) is 8.63. The molecule has 0 aliphatic rings. The number of carbonyl (C=O) groups is 1. The highest BCUT2D eigenvalue weighted by atomic mass is 16.1. The minimum absolute atomic E-state index is 0.101. The Morgan fingerprint density at radius 1 is 1.36 bits per heavy atom. The number of aryl methyl sites for hydroxylation is 1. The first-order valence-electron chi connectivity index (χ1n) is 4.69. The molecule has 1 aromatic carbocycles. The lowest BCUT2D eigenvalue weighted by atomic mass is 10.2. The minimum atomic E-state index is -0.101. The van der Waals surface area contributed by atoms with Gasteiger partial charge in [-0.25, -0.2) is 0 Å². The number of carbonyl (C=O) groups excluding carboxylic acids is 1. The maximum absolute atomic E-state index is 11.4. The number of benzene rings is 1. The van der Waals surface area contributed by atoms with Gasteiger partial charge in [0.05, 0.1) is 0 Å². The highest BCUT2D eigenvalue weighted by Crippen LogP contribution is 2.10. The summed E-state index contributed by atoms with van der Waals surface area (Å²) < 4.78 is 0. The molecule has 1 amide bonds. The van der Waals surface area contributed by atoms with Gasteiger partial charge >= 0.3 is 0 Å². The third-order valence-corrected chi connectivity index (χ3v) is 2.06. The second-order valence-corrected chi connectivity index (χ2v) is 3.28. The Balaban J connectivity index is 2.65. The molecule has 0 aromatic heterocycles. The first-order valence-corrected chi connectivity index (χ1v) is 4.69. The van der Waals surface area contributed by atoms with Crippen LogP contribution in [0.3, 0.4) is 0 Å². The molecule has 0 atom stereocenters. The van der Waals surface area contributed by atoms with Gasteiger partial charge in [0.15, 0.2) is 0 Å². The summed E-state index contributed by atoms with van der Waals surface area (Å²) in [6, 6.07) is 7.70. The summed E-state index contributed by atoms with van der Waals surface area (Å²) in [6.45, 7) is 7.60. The van der Waals surface area contributed by atoms with Crippen molar-refractivity contribution in [3.63, 3.8) is 0 Å². The Morgan fingerprint density at radius 2 is 1.93 bits per heavy atom. The zero-order chi connectivity index (χ0) is 10.6. The van der Waals surface area contributed by atoms with Gasteiger partial charge in [-0.15, -0.1) is 0 Å². The lowest BCUT2D eigenvalue weighted by Gasteiger charge is -2.05. The summed E-state index contributed by atoms with van der Waals surface area (Å²) in [5.74, 6) is -0.101. The van der Waals surface area contributed by atoms with Crippen LogP contribution in [-0.4, -0.2) is 5.91 Å². The summed E-state index contributed by atoms with van der Waals surface area (Å²) in [5.41, 5.74) is 2.60. The van der Waals surface area contributed by atoms with Crippen molar-refractivity contribution in [1.82, 2.24) is 0 Å². The van der Waals surface area contributed by atoms with Crippen LogP contribution in [0.5, 0.6) is 0 Å². The van der Waals surface area contributed by atoms with Crippen LogP contribution in [0.4, 0.5) is 5.69 Å². The molecule has 0 spiro atoms. The maximum atomic E-state index is 11.4. The van der Waals surface area contributed by atoms with Crippen LogP contribution in [0.15, 0.2) is 36.4 Å². The average molecular weight is 189 g/mol. The van der Waals surface area contributed by atoms with E-state index in [1.807, 2.05) is 38.1 Å². The van der Waals surface area contributed by atoms with Gasteiger partial charge in [0.2, 0.25) is 0 Å². The third-order valence-electron chi connectivity index (χ3n) is 2.06. The van der Waals surface area contributed by atoms with Gasteiger partial charge in [-0.2, -0.15) is 0 Å². The fourth-order valence-corrected chi connectivity index (χ4v) is 1.02. The Labute approximate surface area is 84.6 Å². The predicted molar refractivity (Wildman–Crippen MR) is 59.2 cm³/mol. The fraction of sp³-hybridized carbons (Fsp3) is 0.250. The van der Waals surface area contributed by atoms with Gasteiger partial charge in [-0.1, -0.05) is 31.2 Å². The third kappa shape index (κ3) is 2.73. The standard InChI is InChI=1S/C12H15NO/c1-4-10(3)12(14)13-11-7-5-9(2)6-8-11/h5-8H,3-4H2,1-2H3,(H,13,14). The Hall–Kier alpha value is -1.57. The van der Waals surface area contributed by atoms with E-state index in [0.717, 1.165) is 5.69 Å². The molecule has 0 aliphatic heterocycles. The summed E-state index contributed by atoms with van der Waals surface area (Å²) in [4.78, 5) is 11.4. The number of hydrogen-bond donors (Lipinski definition) is 1. The van der Waals surface area contributed by atoms with Crippen molar-refractivity contribution in [1.29, 1.82) is 0 Å². The Kier molecular flexibility index (Phi) is 3.46. The number of nitrogens with one attached hydrogen (secondary N) is 1. The molecule has 0 bridgehead atoms. The summed E-state index contributed by atoms with van der Waals surface area (Å²) >= 11 is 0. The first-order chi connectivity index (χ1) is 6.63. The summed E-state index contributed by atoms with van der Waals surface area (Å²) in [6.07, 6.45) is 0.678. The van der Waals surface area contributed by atoms with Gasteiger partial charge in [0.1, 0.15) is 0 Å². The van der Waals surface area contributed by atoms with E-state index in [4.69, 9.17) is 0 Å². The highest BCUT2D eigenvalue weighted by molar-refractivity contribution is 6.03. The predicted octanol–water partition coefficient (Wildman–Crippen LogP) is 2.90. The number of hydrogen-bond acceptors (Lipinski definition) is 1. The SMILES string of the molecule is C=C(CC)C(=O)Nc1ccc(C)cc1. The van der Waals surface area contributed by atoms with Gasteiger partial charge in [-0.3, -0.25) is 4.79 Å². The fourth-order valence-electron chi connectivity index (χ4n) is 1.02. The molecule has 0 saturated heterocycles. The minimum Gasteiger partial charge on any atom is -0.322 e. The van der Waals surface area contributed by atoms with Gasteiger partial charge in [0.25, 0.3) is 5.91 Å². The zero-order valence-electron chi connectivity index (χ0n) is 8.63. The van der Waals surface area contributed by atoms with E-state index in [0.29, 0.717) is 12.0 Å². The van der Waals surface area contributed by atoms with Crippen molar-refractivity contribution >= 4 is 11.6 Å². The highest BCUT2D eigenvalue weighted by Gasteiger charge is 2.03. The van der Waals surface area contributed by atoms with E-state index in [1.165, 1.54) is 5.56 Å². The first kappa shape index (κ1) is 10.5. The number of anilines is 1. The quantitative estimate of drug-likeness (QED) is 0.728. The van der Waals surface area contributed by atoms with Crippen molar-refractivity contribution in [3.8, 4) is 0 Å². The van der Waals surface area contributed by atoms with Gasteiger partial charge < -0.3 is 5.32 Å². The van der Waals surface area contributed by atoms with Crippen molar-refractivity contribution in [2.75, 3.05) is 5.32 Å². The van der Waals surface area contributed by atoms with Crippen LogP contribution >= 0.6 is 0 Å². The Bertz CT molecular complexity index is 338. The molecule has 0 unspecified atom stereocenters. The lowest BCUT2D eigenvalue weighted by Crippen LogP contribution is -2.12. The van der Waals surface area contributed by atoms with Crippen LogP contribution < -0.4 is 5.32 Å². The van der Waals surface area contributed by atoms with Crippen LogP contribution in [0, 0.1) is 6.92 Å². The number of amides is 1. The molecule has 74 valence electrons. The van der Waals surface area contributed by atoms with E-state index < -0.39 is 0 Å². The molecule has 1 aromatic rings. The van der Waals surface area contributed by atoms with Gasteiger partial charge in [0, 0.05) is 11.3 Å². The van der Waals surface area contributed by atoms with Crippen LogP contribution in [-0.2, 0) is 4.79 Å². The molecule has 2 heteroatoms. The van der Waals surface area contributed by atoms with E-state index in [2.05, 4.69) is 11.9 Å². The van der Waals surface area contributed by atoms with Crippen LogP contribution in [0.2, 0.25) is 0 Å². The molecular formula is C12H15NO. The second kappa shape index (κ2) is 4.61. The van der Waals surface area contributed by atoms with Crippen LogP contribution in [0.1, 0.15) is 18.9 Å².